The molecule has 1 aromatic rings. The predicted octanol–water partition coefficient (Wildman–Crippen LogP) is 1.40. The van der Waals surface area contributed by atoms with Crippen LogP contribution in [0.1, 0.15) is 24.4 Å². The van der Waals surface area contributed by atoms with E-state index < -0.39 is 0 Å². The minimum Gasteiger partial charge on any atom is -0.508 e. The van der Waals surface area contributed by atoms with E-state index in [4.69, 9.17) is 5.73 Å². The molecule has 1 saturated heterocycles. The molecule has 0 bridgehead atoms. The number of hydrogen-bond acceptors (Lipinski definition) is 3. The summed E-state index contributed by atoms with van der Waals surface area (Å²) in [5, 5.41) is 12.7. The van der Waals surface area contributed by atoms with Gasteiger partial charge in [-0.05, 0) is 43.1 Å². The Morgan fingerprint density at radius 1 is 1.46 bits per heavy atom. The monoisotopic (exact) mass is 178 g/mol. The molecule has 13 heavy (non-hydrogen) atoms. The lowest BCUT2D eigenvalue weighted by Crippen LogP contribution is -2.14. The van der Waals surface area contributed by atoms with Crippen molar-refractivity contribution >= 4 is 5.69 Å². The molecule has 70 valence electrons. The van der Waals surface area contributed by atoms with Crippen LogP contribution in [0.5, 0.6) is 5.75 Å². The van der Waals surface area contributed by atoms with E-state index in [1.54, 1.807) is 18.2 Å². The van der Waals surface area contributed by atoms with Crippen molar-refractivity contribution in [2.45, 2.75) is 18.9 Å². The zero-order valence-electron chi connectivity index (χ0n) is 7.46. The van der Waals surface area contributed by atoms with Crippen molar-refractivity contribution in [2.75, 3.05) is 12.3 Å². The fourth-order valence-corrected chi connectivity index (χ4v) is 1.81. The number of phenolic OH excluding ortho intramolecular Hbond substituents is 1. The molecular formula is C10H14N2O. The molecule has 1 aromatic carbocycles. The lowest BCUT2D eigenvalue weighted by atomic mass is 10.0. The van der Waals surface area contributed by atoms with Gasteiger partial charge in [-0.2, -0.15) is 0 Å². The third-order valence-corrected chi connectivity index (χ3v) is 2.51. The molecule has 1 heterocycles. The van der Waals surface area contributed by atoms with Crippen LogP contribution in [0.3, 0.4) is 0 Å². The fourth-order valence-electron chi connectivity index (χ4n) is 1.81. The van der Waals surface area contributed by atoms with E-state index in [1.807, 2.05) is 0 Å². The lowest BCUT2D eigenvalue weighted by Gasteiger charge is -2.13. The van der Waals surface area contributed by atoms with Gasteiger partial charge < -0.3 is 16.2 Å². The third-order valence-electron chi connectivity index (χ3n) is 2.51. The molecule has 0 amide bonds. The fraction of sp³-hybridized carbons (Fsp3) is 0.400. The molecule has 0 radical (unpaired) electrons. The second-order valence-electron chi connectivity index (χ2n) is 3.46. The molecule has 0 spiro atoms. The first-order valence-electron chi connectivity index (χ1n) is 4.59. The Morgan fingerprint density at radius 2 is 2.31 bits per heavy atom. The molecule has 1 unspecified atom stereocenters. The van der Waals surface area contributed by atoms with E-state index in [0.717, 1.165) is 24.2 Å². The normalized spacial score (nSPS) is 22.0. The van der Waals surface area contributed by atoms with Gasteiger partial charge in [-0.25, -0.2) is 0 Å². The van der Waals surface area contributed by atoms with Crippen LogP contribution in [-0.2, 0) is 0 Å². The number of anilines is 1. The van der Waals surface area contributed by atoms with Gasteiger partial charge in [0.25, 0.3) is 0 Å². The quantitative estimate of drug-likeness (QED) is 0.450. The van der Waals surface area contributed by atoms with Crippen LogP contribution in [-0.4, -0.2) is 11.7 Å². The largest absolute Gasteiger partial charge is 0.508 e. The van der Waals surface area contributed by atoms with E-state index in [0.29, 0.717) is 6.04 Å². The predicted molar refractivity (Wildman–Crippen MR) is 52.5 cm³/mol. The van der Waals surface area contributed by atoms with Crippen molar-refractivity contribution in [1.29, 1.82) is 0 Å². The van der Waals surface area contributed by atoms with E-state index in [2.05, 4.69) is 5.32 Å². The molecule has 3 nitrogen and oxygen atoms in total. The van der Waals surface area contributed by atoms with Crippen molar-refractivity contribution in [3.8, 4) is 5.75 Å². The Labute approximate surface area is 77.6 Å². The number of aromatic hydroxyl groups is 1. The summed E-state index contributed by atoms with van der Waals surface area (Å²) < 4.78 is 0. The zero-order valence-corrected chi connectivity index (χ0v) is 7.46. The smallest absolute Gasteiger partial charge is 0.116 e. The van der Waals surface area contributed by atoms with E-state index in [1.165, 1.54) is 6.42 Å². The average Bonchev–Trinajstić information content (AvgIpc) is 2.61. The highest BCUT2D eigenvalue weighted by Crippen LogP contribution is 2.29. The van der Waals surface area contributed by atoms with Crippen LogP contribution < -0.4 is 11.1 Å². The van der Waals surface area contributed by atoms with Gasteiger partial charge >= 0.3 is 0 Å². The van der Waals surface area contributed by atoms with Crippen LogP contribution in [0.25, 0.3) is 0 Å². The van der Waals surface area contributed by atoms with E-state index in [-0.39, 0.29) is 5.75 Å². The minimum absolute atomic E-state index is 0.290. The summed E-state index contributed by atoms with van der Waals surface area (Å²) in [5.74, 6) is 0.290. The summed E-state index contributed by atoms with van der Waals surface area (Å²) in [5.41, 5.74) is 7.60. The van der Waals surface area contributed by atoms with Crippen LogP contribution in [0.2, 0.25) is 0 Å². The average molecular weight is 178 g/mol. The highest BCUT2D eigenvalue weighted by molar-refractivity contribution is 5.51. The Bertz CT molecular complexity index is 306. The van der Waals surface area contributed by atoms with Crippen molar-refractivity contribution in [1.82, 2.24) is 5.32 Å². The number of nitrogens with one attached hydrogen (secondary N) is 1. The Morgan fingerprint density at radius 3 is 3.00 bits per heavy atom. The van der Waals surface area contributed by atoms with Gasteiger partial charge in [0, 0.05) is 11.7 Å². The molecule has 1 fully saturated rings. The van der Waals surface area contributed by atoms with Crippen LogP contribution in [0, 0.1) is 0 Å². The highest BCUT2D eigenvalue weighted by atomic mass is 16.3. The summed E-state index contributed by atoms with van der Waals surface area (Å²) in [4.78, 5) is 0. The number of nitrogens with two attached hydrogens (primary N) is 1. The first-order chi connectivity index (χ1) is 6.27. The van der Waals surface area contributed by atoms with Crippen LogP contribution in [0.4, 0.5) is 5.69 Å². The standard InChI is InChI=1S/C10H14N2O/c11-9-4-3-7(13)6-8(9)10-2-1-5-12-10/h3-4,6,10,12-13H,1-2,5,11H2. The highest BCUT2D eigenvalue weighted by Gasteiger charge is 2.18. The number of phenols is 1. The maximum absolute atomic E-state index is 9.31. The van der Waals surface area contributed by atoms with Gasteiger partial charge in [0.2, 0.25) is 0 Å². The number of nitrogen functional groups attached to an aromatic ring is 1. The molecule has 3 heteroatoms. The van der Waals surface area contributed by atoms with Crippen LogP contribution >= 0.6 is 0 Å². The maximum Gasteiger partial charge on any atom is 0.116 e. The molecule has 1 aliphatic heterocycles. The summed E-state index contributed by atoms with van der Waals surface area (Å²) in [7, 11) is 0. The molecular weight excluding hydrogens is 164 g/mol. The number of rotatable bonds is 1. The number of hydrogen-bond donors (Lipinski definition) is 3. The first-order valence-corrected chi connectivity index (χ1v) is 4.59. The van der Waals surface area contributed by atoms with Gasteiger partial charge in [0.1, 0.15) is 5.75 Å². The minimum atomic E-state index is 0.290. The number of benzene rings is 1. The summed E-state index contributed by atoms with van der Waals surface area (Å²) in [6, 6.07) is 5.45. The zero-order chi connectivity index (χ0) is 9.26. The topological polar surface area (TPSA) is 58.3 Å². The second kappa shape index (κ2) is 3.26. The van der Waals surface area contributed by atoms with Gasteiger partial charge in [0.05, 0.1) is 0 Å². The van der Waals surface area contributed by atoms with Crippen molar-refractivity contribution < 1.29 is 5.11 Å². The van der Waals surface area contributed by atoms with Gasteiger partial charge in [-0.15, -0.1) is 0 Å². The molecule has 0 saturated carbocycles. The van der Waals surface area contributed by atoms with Gasteiger partial charge in [0.15, 0.2) is 0 Å². The maximum atomic E-state index is 9.31. The van der Waals surface area contributed by atoms with Gasteiger partial charge in [-0.1, -0.05) is 0 Å². The summed E-state index contributed by atoms with van der Waals surface area (Å²) in [6.45, 7) is 1.04. The Kier molecular flexibility index (Phi) is 2.10. The SMILES string of the molecule is Nc1ccc(O)cc1C1CCCN1. The Balaban J connectivity index is 2.32. The third kappa shape index (κ3) is 1.60. The first kappa shape index (κ1) is 8.38. The summed E-state index contributed by atoms with van der Waals surface area (Å²) >= 11 is 0. The van der Waals surface area contributed by atoms with Crippen molar-refractivity contribution in [2.24, 2.45) is 0 Å². The lowest BCUT2D eigenvalue weighted by molar-refractivity contribution is 0.473. The van der Waals surface area contributed by atoms with Crippen molar-refractivity contribution in [3.63, 3.8) is 0 Å². The van der Waals surface area contributed by atoms with E-state index in [9.17, 15) is 5.11 Å². The summed E-state index contributed by atoms with van der Waals surface area (Å²) in [6.07, 6.45) is 2.29. The molecule has 4 N–H and O–H groups in total. The molecule has 0 aromatic heterocycles. The van der Waals surface area contributed by atoms with Crippen LogP contribution in [0.15, 0.2) is 18.2 Å². The van der Waals surface area contributed by atoms with Crippen molar-refractivity contribution in [3.05, 3.63) is 23.8 Å². The Hall–Kier alpha value is -1.22. The second-order valence-corrected chi connectivity index (χ2v) is 3.46. The molecule has 2 rings (SSSR count). The van der Waals surface area contributed by atoms with Gasteiger partial charge in [-0.3, -0.25) is 0 Å². The molecule has 1 aliphatic rings. The van der Waals surface area contributed by atoms with E-state index >= 15 is 0 Å². The molecule has 1 atom stereocenters. The molecule has 0 aliphatic carbocycles.